The van der Waals surface area contributed by atoms with Crippen LogP contribution in [0.25, 0.3) is 22.2 Å². The first kappa shape index (κ1) is 18.0. The minimum absolute atomic E-state index is 0.0841. The Balaban J connectivity index is 1.77. The summed E-state index contributed by atoms with van der Waals surface area (Å²) in [4.78, 5) is 14.3. The minimum atomic E-state index is -0.330. The van der Waals surface area contributed by atoms with E-state index in [2.05, 4.69) is 10.5 Å². The van der Waals surface area contributed by atoms with Gasteiger partial charge < -0.3 is 19.8 Å². The van der Waals surface area contributed by atoms with Gasteiger partial charge in [-0.05, 0) is 49.5 Å². The number of fused-ring (bicyclic) bond motifs is 1. The van der Waals surface area contributed by atoms with Gasteiger partial charge in [-0.2, -0.15) is 0 Å². The van der Waals surface area contributed by atoms with Crippen molar-refractivity contribution in [3.05, 3.63) is 53.8 Å². The summed E-state index contributed by atoms with van der Waals surface area (Å²) in [5, 5.41) is 16.4. The second kappa shape index (κ2) is 8.07. The van der Waals surface area contributed by atoms with Gasteiger partial charge in [0, 0.05) is 30.8 Å². The van der Waals surface area contributed by atoms with Gasteiger partial charge in [-0.1, -0.05) is 5.16 Å². The fraction of sp³-hybridized carbons (Fsp3) is 0.263. The highest BCUT2D eigenvalue weighted by atomic mass is 19.1. The Morgan fingerprint density at radius 1 is 1.23 bits per heavy atom. The van der Waals surface area contributed by atoms with Crippen molar-refractivity contribution >= 4 is 16.8 Å². The highest BCUT2D eigenvalue weighted by Crippen LogP contribution is 2.29. The van der Waals surface area contributed by atoms with Gasteiger partial charge in [0.2, 0.25) is 0 Å². The number of nitrogens with one attached hydrogen (secondary N) is 1. The summed E-state index contributed by atoms with van der Waals surface area (Å²) in [5.41, 5.74) is 1.81. The molecule has 0 aliphatic rings. The maximum atomic E-state index is 13.1. The molecule has 1 heterocycles. The molecule has 0 spiro atoms. The van der Waals surface area contributed by atoms with Crippen molar-refractivity contribution in [2.75, 3.05) is 33.3 Å². The summed E-state index contributed by atoms with van der Waals surface area (Å²) < 4.78 is 18.5. The number of halogens is 1. The van der Waals surface area contributed by atoms with E-state index < -0.39 is 0 Å². The van der Waals surface area contributed by atoms with Gasteiger partial charge in [-0.3, -0.25) is 4.79 Å². The normalized spacial score (nSPS) is 11.2. The minimum Gasteiger partial charge on any atom is -0.395 e. The van der Waals surface area contributed by atoms with E-state index in [1.54, 1.807) is 30.3 Å². The zero-order valence-corrected chi connectivity index (χ0v) is 14.4. The van der Waals surface area contributed by atoms with Crippen LogP contribution in [0.4, 0.5) is 4.39 Å². The number of amides is 1. The van der Waals surface area contributed by atoms with E-state index in [-0.39, 0.29) is 18.3 Å². The average Bonchev–Trinajstić information content (AvgIpc) is 3.05. The van der Waals surface area contributed by atoms with Gasteiger partial charge in [0.1, 0.15) is 11.3 Å². The van der Waals surface area contributed by atoms with Crippen molar-refractivity contribution in [1.82, 2.24) is 15.4 Å². The number of carbonyl (C=O) groups excluding carboxylic acids is 1. The van der Waals surface area contributed by atoms with E-state index in [4.69, 9.17) is 9.63 Å². The van der Waals surface area contributed by atoms with Gasteiger partial charge in [0.05, 0.1) is 12.0 Å². The van der Waals surface area contributed by atoms with Crippen LogP contribution < -0.4 is 5.32 Å². The van der Waals surface area contributed by atoms with E-state index in [0.717, 1.165) is 0 Å². The lowest BCUT2D eigenvalue weighted by atomic mass is 10.1. The molecule has 3 aromatic rings. The fourth-order valence-corrected chi connectivity index (χ4v) is 2.64. The maximum absolute atomic E-state index is 13.1. The van der Waals surface area contributed by atoms with Crippen LogP contribution in [0.3, 0.4) is 0 Å². The lowest BCUT2D eigenvalue weighted by Crippen LogP contribution is -2.34. The fourth-order valence-electron chi connectivity index (χ4n) is 2.64. The van der Waals surface area contributed by atoms with Crippen molar-refractivity contribution in [3.8, 4) is 11.3 Å². The third-order valence-corrected chi connectivity index (χ3v) is 4.11. The highest BCUT2D eigenvalue weighted by molar-refractivity contribution is 6.00. The van der Waals surface area contributed by atoms with Gasteiger partial charge in [-0.15, -0.1) is 0 Å². The summed E-state index contributed by atoms with van der Waals surface area (Å²) in [6, 6.07) is 11.0. The van der Waals surface area contributed by atoms with Crippen LogP contribution in [-0.2, 0) is 0 Å². The number of aromatic nitrogens is 1. The van der Waals surface area contributed by atoms with Crippen molar-refractivity contribution in [2.45, 2.75) is 0 Å². The van der Waals surface area contributed by atoms with Crippen molar-refractivity contribution in [1.29, 1.82) is 0 Å². The Hall–Kier alpha value is -2.77. The van der Waals surface area contributed by atoms with Gasteiger partial charge in [-0.25, -0.2) is 4.39 Å². The number of aliphatic hydroxyl groups is 1. The van der Waals surface area contributed by atoms with Crippen LogP contribution in [0.2, 0.25) is 0 Å². The molecule has 1 amide bonds. The van der Waals surface area contributed by atoms with Crippen LogP contribution >= 0.6 is 0 Å². The van der Waals surface area contributed by atoms with E-state index in [1.807, 2.05) is 11.9 Å². The Labute approximate surface area is 150 Å². The third-order valence-electron chi connectivity index (χ3n) is 4.11. The van der Waals surface area contributed by atoms with Crippen LogP contribution in [0, 0.1) is 5.82 Å². The molecule has 26 heavy (non-hydrogen) atoms. The summed E-state index contributed by atoms with van der Waals surface area (Å²) in [6.07, 6.45) is 0. The molecule has 0 fully saturated rings. The van der Waals surface area contributed by atoms with Gasteiger partial charge >= 0.3 is 0 Å². The van der Waals surface area contributed by atoms with Crippen molar-refractivity contribution in [2.24, 2.45) is 0 Å². The molecule has 0 aliphatic heterocycles. The second-order valence-corrected chi connectivity index (χ2v) is 6.03. The SMILES string of the molecule is CN(CCO)CCNC(=O)c1ccc2noc(-c3ccc(F)cc3)c2c1. The molecule has 0 saturated carbocycles. The number of carbonyl (C=O) groups is 1. The number of nitrogens with zero attached hydrogens (tertiary/aromatic N) is 2. The molecule has 6 nitrogen and oxygen atoms in total. The Morgan fingerprint density at radius 2 is 2.00 bits per heavy atom. The highest BCUT2D eigenvalue weighted by Gasteiger charge is 2.14. The summed E-state index contributed by atoms with van der Waals surface area (Å²) in [5.74, 6) is -0.0308. The first-order valence-corrected chi connectivity index (χ1v) is 8.31. The van der Waals surface area contributed by atoms with E-state index >= 15 is 0 Å². The summed E-state index contributed by atoms with van der Waals surface area (Å²) >= 11 is 0. The zero-order valence-electron chi connectivity index (χ0n) is 14.4. The predicted octanol–water partition coefficient (Wildman–Crippen LogP) is 2.29. The summed E-state index contributed by atoms with van der Waals surface area (Å²) in [7, 11) is 1.88. The Morgan fingerprint density at radius 3 is 2.73 bits per heavy atom. The lowest BCUT2D eigenvalue weighted by Gasteiger charge is -2.15. The van der Waals surface area contributed by atoms with Crippen molar-refractivity contribution in [3.63, 3.8) is 0 Å². The molecular formula is C19H20FN3O3. The number of benzene rings is 2. The average molecular weight is 357 g/mol. The number of likely N-dealkylation sites (N-methyl/N-ethyl adjacent to an activating group) is 1. The quantitative estimate of drug-likeness (QED) is 0.678. The molecule has 7 heteroatoms. The standard InChI is InChI=1S/C19H20FN3O3/c1-23(10-11-24)9-8-21-19(25)14-4-7-17-16(12-14)18(26-22-17)13-2-5-15(20)6-3-13/h2-7,12,24H,8-11H2,1H3,(H,21,25). The monoisotopic (exact) mass is 357 g/mol. The number of rotatable bonds is 7. The Kier molecular flexibility index (Phi) is 5.60. The van der Waals surface area contributed by atoms with Gasteiger partial charge in [0.15, 0.2) is 5.76 Å². The number of aliphatic hydroxyl groups excluding tert-OH is 1. The molecule has 2 aromatic carbocycles. The lowest BCUT2D eigenvalue weighted by molar-refractivity contribution is 0.0949. The van der Waals surface area contributed by atoms with E-state index in [1.165, 1.54) is 12.1 Å². The topological polar surface area (TPSA) is 78.6 Å². The Bertz CT molecular complexity index is 893. The smallest absolute Gasteiger partial charge is 0.251 e. The van der Waals surface area contributed by atoms with Crippen LogP contribution in [-0.4, -0.2) is 54.4 Å². The van der Waals surface area contributed by atoms with Crippen molar-refractivity contribution < 1.29 is 18.8 Å². The largest absolute Gasteiger partial charge is 0.395 e. The second-order valence-electron chi connectivity index (χ2n) is 6.03. The first-order chi connectivity index (χ1) is 12.6. The predicted molar refractivity (Wildman–Crippen MR) is 96.3 cm³/mol. The van der Waals surface area contributed by atoms with Crippen LogP contribution in [0.1, 0.15) is 10.4 Å². The molecule has 1 aromatic heterocycles. The molecule has 0 unspecified atom stereocenters. The molecule has 0 saturated heterocycles. The molecule has 0 bridgehead atoms. The van der Waals surface area contributed by atoms with E-state index in [0.29, 0.717) is 47.4 Å². The maximum Gasteiger partial charge on any atom is 0.251 e. The summed E-state index contributed by atoms with van der Waals surface area (Å²) in [6.45, 7) is 1.76. The van der Waals surface area contributed by atoms with Gasteiger partial charge in [0.25, 0.3) is 5.91 Å². The molecule has 0 aliphatic carbocycles. The third kappa shape index (κ3) is 4.07. The first-order valence-electron chi connectivity index (χ1n) is 8.31. The van der Waals surface area contributed by atoms with Crippen LogP contribution in [0.15, 0.2) is 47.0 Å². The number of hydrogen-bond donors (Lipinski definition) is 2. The molecule has 0 atom stereocenters. The van der Waals surface area contributed by atoms with E-state index in [9.17, 15) is 9.18 Å². The molecule has 136 valence electrons. The van der Waals surface area contributed by atoms with Crippen LogP contribution in [0.5, 0.6) is 0 Å². The molecule has 0 radical (unpaired) electrons. The molecule has 3 rings (SSSR count). The zero-order chi connectivity index (χ0) is 18.5. The molecule has 2 N–H and O–H groups in total. The number of hydrogen-bond acceptors (Lipinski definition) is 5. The molecular weight excluding hydrogens is 337 g/mol.